The van der Waals surface area contributed by atoms with Crippen LogP contribution in [0.25, 0.3) is 0 Å². The van der Waals surface area contributed by atoms with Crippen LogP contribution in [-0.2, 0) is 28.6 Å². The van der Waals surface area contributed by atoms with E-state index in [9.17, 15) is 19.5 Å². The van der Waals surface area contributed by atoms with E-state index >= 15 is 0 Å². The molecule has 0 bridgehead atoms. The van der Waals surface area contributed by atoms with E-state index in [4.69, 9.17) is 14.2 Å². The van der Waals surface area contributed by atoms with Gasteiger partial charge in [-0.1, -0.05) is 11.6 Å². The number of methoxy groups -OCH3 is 1. The summed E-state index contributed by atoms with van der Waals surface area (Å²) in [7, 11) is 1.21. The number of carbonyl (C=O) groups excluding carboxylic acids is 3. The van der Waals surface area contributed by atoms with E-state index < -0.39 is 41.6 Å². The summed E-state index contributed by atoms with van der Waals surface area (Å²) in [5.74, 6) is -0.530. The Bertz CT molecular complexity index is 630. The summed E-state index contributed by atoms with van der Waals surface area (Å²) in [6, 6.07) is 0. The van der Waals surface area contributed by atoms with Gasteiger partial charge in [0.1, 0.15) is 12.2 Å². The van der Waals surface area contributed by atoms with Gasteiger partial charge in [0.15, 0.2) is 5.60 Å². The summed E-state index contributed by atoms with van der Waals surface area (Å²) in [6.45, 7) is 4.33. The number of rotatable bonds is 6. The van der Waals surface area contributed by atoms with Crippen LogP contribution in [0.15, 0.2) is 11.6 Å². The summed E-state index contributed by atoms with van der Waals surface area (Å²) in [6.07, 6.45) is 1.25. The highest BCUT2D eigenvalue weighted by molar-refractivity contribution is 8.20. The molecule has 9 heteroatoms. The van der Waals surface area contributed by atoms with Crippen LogP contribution in [0.1, 0.15) is 40.0 Å². The zero-order valence-electron chi connectivity index (χ0n) is 16.6. The van der Waals surface area contributed by atoms with E-state index in [-0.39, 0.29) is 12.8 Å². The molecule has 158 valence electrons. The zero-order valence-corrected chi connectivity index (χ0v) is 18.3. The molecule has 1 saturated heterocycles. The van der Waals surface area contributed by atoms with Gasteiger partial charge in [-0.25, -0.2) is 4.79 Å². The Hall–Kier alpha value is -1.19. The molecule has 1 heterocycles. The topological polar surface area (TPSA) is 99.1 Å². The highest BCUT2D eigenvalue weighted by atomic mass is 32.2. The normalized spacial score (nSPS) is 31.3. The van der Waals surface area contributed by atoms with Gasteiger partial charge in [0, 0.05) is 25.4 Å². The molecule has 0 amide bonds. The Labute approximate surface area is 173 Å². The lowest BCUT2D eigenvalue weighted by Crippen LogP contribution is -2.60. The maximum atomic E-state index is 12.5. The van der Waals surface area contributed by atoms with Crippen LogP contribution in [-0.4, -0.2) is 64.0 Å². The molecule has 0 spiro atoms. The Kier molecular flexibility index (Phi) is 8.27. The molecule has 0 aromatic carbocycles. The second kappa shape index (κ2) is 10.0. The van der Waals surface area contributed by atoms with Crippen molar-refractivity contribution in [1.82, 2.24) is 0 Å². The van der Waals surface area contributed by atoms with Crippen LogP contribution in [0.4, 0.5) is 0 Å². The van der Waals surface area contributed by atoms with E-state index in [1.54, 1.807) is 6.92 Å². The molecule has 1 aliphatic heterocycles. The van der Waals surface area contributed by atoms with Crippen LogP contribution in [0.2, 0.25) is 0 Å². The minimum Gasteiger partial charge on any atom is -0.467 e. The third-order valence-electron chi connectivity index (χ3n) is 4.99. The number of aliphatic hydroxyl groups is 1. The largest absolute Gasteiger partial charge is 0.467 e. The Morgan fingerprint density at radius 1 is 1.11 bits per heavy atom. The maximum absolute atomic E-state index is 12.5. The smallest absolute Gasteiger partial charge is 0.338 e. The fourth-order valence-electron chi connectivity index (χ4n) is 3.84. The first-order chi connectivity index (χ1) is 13.2. The van der Waals surface area contributed by atoms with Crippen molar-refractivity contribution in [3.63, 3.8) is 0 Å². The van der Waals surface area contributed by atoms with Gasteiger partial charge >= 0.3 is 17.9 Å². The van der Waals surface area contributed by atoms with Gasteiger partial charge < -0.3 is 19.3 Å². The molecule has 0 aromatic heterocycles. The van der Waals surface area contributed by atoms with Gasteiger partial charge in [0.2, 0.25) is 0 Å². The van der Waals surface area contributed by atoms with Crippen LogP contribution >= 0.6 is 23.5 Å². The van der Waals surface area contributed by atoms with Crippen LogP contribution < -0.4 is 0 Å². The molecule has 2 fully saturated rings. The summed E-state index contributed by atoms with van der Waals surface area (Å²) in [4.78, 5) is 35.7. The van der Waals surface area contributed by atoms with Crippen molar-refractivity contribution in [2.45, 2.75) is 62.4 Å². The molecule has 4 atom stereocenters. The first-order valence-corrected chi connectivity index (χ1v) is 11.3. The average molecular weight is 433 g/mol. The summed E-state index contributed by atoms with van der Waals surface area (Å²) in [5.41, 5.74) is -1.15. The first kappa shape index (κ1) is 23.1. The van der Waals surface area contributed by atoms with Gasteiger partial charge in [0.25, 0.3) is 0 Å². The predicted octanol–water partition coefficient (Wildman–Crippen LogP) is 2.31. The van der Waals surface area contributed by atoms with E-state index in [1.165, 1.54) is 21.0 Å². The second-order valence-corrected chi connectivity index (χ2v) is 9.93. The van der Waals surface area contributed by atoms with E-state index in [2.05, 4.69) is 0 Å². The van der Waals surface area contributed by atoms with Crippen LogP contribution in [0, 0.1) is 5.92 Å². The van der Waals surface area contributed by atoms with E-state index in [0.29, 0.717) is 10.2 Å². The second-order valence-electron chi connectivity index (χ2n) is 7.01. The van der Waals surface area contributed by atoms with Crippen molar-refractivity contribution < 1.29 is 33.7 Å². The molecule has 1 N–H and O–H groups in total. The van der Waals surface area contributed by atoms with Gasteiger partial charge in [-0.15, -0.1) is 23.5 Å². The summed E-state index contributed by atoms with van der Waals surface area (Å²) in [5, 5.41) is 11.2. The van der Waals surface area contributed by atoms with Gasteiger partial charge in [-0.3, -0.25) is 9.59 Å². The number of esters is 3. The highest BCUT2D eigenvalue weighted by Crippen LogP contribution is 2.43. The van der Waals surface area contributed by atoms with Gasteiger partial charge in [-0.2, -0.15) is 0 Å². The summed E-state index contributed by atoms with van der Waals surface area (Å²) >= 11 is 3.74. The van der Waals surface area contributed by atoms with Crippen molar-refractivity contribution in [3.05, 3.63) is 11.6 Å². The predicted molar refractivity (Wildman–Crippen MR) is 108 cm³/mol. The molecule has 28 heavy (non-hydrogen) atoms. The highest BCUT2D eigenvalue weighted by Gasteiger charge is 2.56. The van der Waals surface area contributed by atoms with Crippen molar-refractivity contribution in [3.8, 4) is 0 Å². The summed E-state index contributed by atoms with van der Waals surface area (Å²) < 4.78 is 16.1. The fraction of sp³-hybridized carbons (Fsp3) is 0.737. The number of ether oxygens (including phenoxy) is 3. The van der Waals surface area contributed by atoms with Crippen LogP contribution in [0.5, 0.6) is 0 Å². The van der Waals surface area contributed by atoms with Crippen molar-refractivity contribution in [2.24, 2.45) is 5.92 Å². The Balaban J connectivity index is 2.39. The number of allylic oxidation sites excluding steroid dienone is 1. The first-order valence-electron chi connectivity index (χ1n) is 9.24. The fourth-order valence-corrected chi connectivity index (χ4v) is 6.56. The lowest BCUT2D eigenvalue weighted by Gasteiger charge is -2.45. The van der Waals surface area contributed by atoms with Crippen LogP contribution in [0.3, 0.4) is 0 Å². The van der Waals surface area contributed by atoms with Crippen molar-refractivity contribution >= 4 is 41.4 Å². The van der Waals surface area contributed by atoms with Gasteiger partial charge in [0.05, 0.1) is 17.6 Å². The molecular weight excluding hydrogens is 404 g/mol. The zero-order chi connectivity index (χ0) is 20.9. The number of hydrogen-bond donors (Lipinski definition) is 1. The molecule has 2 rings (SSSR count). The quantitative estimate of drug-likeness (QED) is 0.385. The Morgan fingerprint density at radius 2 is 1.71 bits per heavy atom. The lowest BCUT2D eigenvalue weighted by molar-refractivity contribution is -0.202. The average Bonchev–Trinajstić information content (AvgIpc) is 3.14. The SMILES string of the molecule is COC(=O)[C@@]1(O)CC[C@@H](OC(C)=O)[C@@H](OC(C)=O)[C@@H]1/C(C)=C/CC1SCCS1. The molecule has 7 nitrogen and oxygen atoms in total. The minimum atomic E-state index is -1.86. The standard InChI is InChI=1S/C19H28O7S2/c1-11(5-6-15-27-9-10-28-15)16-17(26-13(3)21)14(25-12(2)20)7-8-19(16,23)18(22)24-4/h5,14-17,23H,6-10H2,1-4H3/b11-5+/t14-,16+,17-,19-/m1/s1. The van der Waals surface area contributed by atoms with Crippen molar-refractivity contribution in [1.29, 1.82) is 0 Å². The minimum absolute atomic E-state index is 0.0398. The van der Waals surface area contributed by atoms with Crippen molar-refractivity contribution in [2.75, 3.05) is 18.6 Å². The third kappa shape index (κ3) is 5.45. The van der Waals surface area contributed by atoms with E-state index in [0.717, 1.165) is 17.9 Å². The number of carbonyl (C=O) groups is 3. The molecule has 0 radical (unpaired) electrons. The molecular formula is C19H28O7S2. The molecule has 1 saturated carbocycles. The maximum Gasteiger partial charge on any atom is 0.338 e. The number of thioether (sulfide) groups is 2. The molecule has 1 aliphatic carbocycles. The molecule has 2 aliphatic rings. The lowest BCUT2D eigenvalue weighted by atomic mass is 9.68. The van der Waals surface area contributed by atoms with Gasteiger partial charge in [-0.05, 0) is 26.2 Å². The third-order valence-corrected chi connectivity index (χ3v) is 8.07. The molecule has 0 aromatic rings. The number of hydrogen-bond acceptors (Lipinski definition) is 9. The Morgan fingerprint density at radius 3 is 2.25 bits per heavy atom. The molecule has 0 unspecified atom stereocenters. The van der Waals surface area contributed by atoms with E-state index in [1.807, 2.05) is 29.6 Å². The monoisotopic (exact) mass is 432 g/mol.